The van der Waals surface area contributed by atoms with E-state index in [1.54, 1.807) is 13.3 Å². The Morgan fingerprint density at radius 2 is 1.86 bits per heavy atom. The average Bonchev–Trinajstić information content (AvgIpc) is 3.18. The molecule has 1 aliphatic heterocycles. The van der Waals surface area contributed by atoms with Crippen molar-refractivity contribution in [3.05, 3.63) is 77.2 Å². The molecule has 3 aromatic rings. The molecule has 0 saturated carbocycles. The van der Waals surface area contributed by atoms with E-state index in [0.717, 1.165) is 43.9 Å². The van der Waals surface area contributed by atoms with E-state index in [2.05, 4.69) is 51.0 Å². The Morgan fingerprint density at radius 1 is 1.11 bits per heavy atom. The second-order valence-electron chi connectivity index (χ2n) is 9.15. The van der Waals surface area contributed by atoms with Crippen molar-refractivity contribution in [2.45, 2.75) is 31.9 Å². The number of aliphatic hydroxyl groups is 1. The van der Waals surface area contributed by atoms with Gasteiger partial charge in [-0.2, -0.15) is 0 Å². The van der Waals surface area contributed by atoms with Crippen LogP contribution in [0, 0.1) is 17.3 Å². The Labute approximate surface area is 205 Å². The molecule has 3 N–H and O–H groups in total. The normalized spacial score (nSPS) is 18.0. The Kier molecular flexibility index (Phi) is 6.58. The van der Waals surface area contributed by atoms with Gasteiger partial charge >= 0.3 is 0 Å². The number of piperidine rings is 1. The topological polar surface area (TPSA) is 93.7 Å². The third-order valence-corrected chi connectivity index (χ3v) is 7.21. The minimum Gasteiger partial charge on any atom is -0.497 e. The lowest BCUT2D eigenvalue weighted by atomic mass is 9.73. The monoisotopic (exact) mass is 470 g/mol. The van der Waals surface area contributed by atoms with Crippen LogP contribution in [0.3, 0.4) is 0 Å². The first-order chi connectivity index (χ1) is 17.1. The van der Waals surface area contributed by atoms with Gasteiger partial charge in [-0.05, 0) is 66.0 Å². The third-order valence-electron chi connectivity index (χ3n) is 7.21. The maximum atomic E-state index is 9.97. The fourth-order valence-electron chi connectivity index (χ4n) is 5.24. The Balaban J connectivity index is 1.21. The third kappa shape index (κ3) is 4.68. The minimum absolute atomic E-state index is 0.0713. The molecule has 7 heteroatoms. The Hall–Kier alpha value is -3.60. The summed E-state index contributed by atoms with van der Waals surface area (Å²) < 4.78 is 10.8. The second kappa shape index (κ2) is 9.95. The lowest BCUT2D eigenvalue weighted by molar-refractivity contribution is 0.186. The molecule has 0 radical (unpaired) electrons. The summed E-state index contributed by atoms with van der Waals surface area (Å²) >= 11 is 0. The van der Waals surface area contributed by atoms with Crippen molar-refractivity contribution in [3.63, 3.8) is 0 Å². The molecular weight excluding hydrogens is 440 g/mol. The van der Waals surface area contributed by atoms with Crippen LogP contribution < -0.4 is 20.1 Å². The van der Waals surface area contributed by atoms with Gasteiger partial charge in [0.2, 0.25) is 0 Å². The predicted octanol–water partition coefficient (Wildman–Crippen LogP) is 3.25. The Bertz CT molecular complexity index is 1240. The number of fused-ring (bicyclic) bond motifs is 1. The van der Waals surface area contributed by atoms with Crippen LogP contribution in [0.2, 0.25) is 0 Å². The second-order valence-corrected chi connectivity index (χ2v) is 9.15. The minimum atomic E-state index is -0.188. The molecule has 0 bridgehead atoms. The summed E-state index contributed by atoms with van der Waals surface area (Å²) in [5.41, 5.74) is 10.5. The molecule has 1 fully saturated rings. The van der Waals surface area contributed by atoms with Crippen LogP contribution in [0.15, 0.2) is 54.7 Å². The van der Waals surface area contributed by atoms with E-state index in [1.807, 2.05) is 24.3 Å². The molecular formula is C28H30N4O3. The maximum Gasteiger partial charge on any atom is 0.152 e. The van der Waals surface area contributed by atoms with Crippen LogP contribution in [0.5, 0.6) is 11.5 Å². The molecule has 7 nitrogen and oxygen atoms in total. The summed E-state index contributed by atoms with van der Waals surface area (Å²) in [6.45, 7) is 1.71. The molecule has 35 heavy (non-hydrogen) atoms. The first-order valence-electron chi connectivity index (χ1n) is 11.9. The molecule has 1 aliphatic carbocycles. The molecule has 0 amide bonds. The molecule has 1 spiro atoms. The van der Waals surface area contributed by atoms with E-state index in [9.17, 15) is 5.11 Å². The fourth-order valence-corrected chi connectivity index (χ4v) is 5.24. The summed E-state index contributed by atoms with van der Waals surface area (Å²) in [6, 6.07) is 15.9. The van der Waals surface area contributed by atoms with Gasteiger partial charge in [-0.3, -0.25) is 0 Å². The Morgan fingerprint density at radius 3 is 2.57 bits per heavy atom. The maximum absolute atomic E-state index is 9.97. The number of aliphatic hydroxyl groups excluding tert-OH is 1. The van der Waals surface area contributed by atoms with Crippen molar-refractivity contribution >= 4 is 5.82 Å². The lowest BCUT2D eigenvalue weighted by Crippen LogP contribution is -2.45. The first kappa shape index (κ1) is 23.2. The lowest BCUT2D eigenvalue weighted by Gasteiger charge is -2.42. The average molecular weight is 471 g/mol. The summed E-state index contributed by atoms with van der Waals surface area (Å²) in [7, 11) is 1.63. The number of nitrogens with zero attached hydrogens (tertiary/aromatic N) is 3. The zero-order chi connectivity index (χ0) is 24.3. The van der Waals surface area contributed by atoms with Crippen molar-refractivity contribution in [2.24, 2.45) is 11.1 Å². The smallest absolute Gasteiger partial charge is 0.152 e. The number of aromatic nitrogens is 2. The predicted molar refractivity (Wildman–Crippen MR) is 134 cm³/mol. The number of nitrogens with two attached hydrogens (primary N) is 1. The molecule has 2 heterocycles. The van der Waals surface area contributed by atoms with E-state index in [-0.39, 0.29) is 24.7 Å². The van der Waals surface area contributed by atoms with Crippen molar-refractivity contribution in [1.29, 1.82) is 0 Å². The first-order valence-corrected chi connectivity index (χ1v) is 11.9. The number of benzene rings is 2. The highest BCUT2D eigenvalue weighted by atomic mass is 16.5. The van der Waals surface area contributed by atoms with Crippen molar-refractivity contribution < 1.29 is 14.6 Å². The zero-order valence-corrected chi connectivity index (χ0v) is 19.9. The molecule has 5 rings (SSSR count). The zero-order valence-electron chi connectivity index (χ0n) is 19.9. The van der Waals surface area contributed by atoms with Crippen LogP contribution in [-0.4, -0.2) is 41.9 Å². The quantitative estimate of drug-likeness (QED) is 0.553. The van der Waals surface area contributed by atoms with E-state index in [1.165, 1.54) is 11.1 Å². The van der Waals surface area contributed by atoms with Gasteiger partial charge < -0.3 is 25.2 Å². The van der Waals surface area contributed by atoms with Gasteiger partial charge in [0.15, 0.2) is 5.82 Å². The van der Waals surface area contributed by atoms with Crippen LogP contribution in [0.1, 0.15) is 41.4 Å². The van der Waals surface area contributed by atoms with Crippen LogP contribution >= 0.6 is 0 Å². The van der Waals surface area contributed by atoms with E-state index >= 15 is 0 Å². The number of ether oxygens (including phenoxy) is 2. The number of anilines is 1. The van der Waals surface area contributed by atoms with Crippen LogP contribution in [0.25, 0.3) is 0 Å². The summed E-state index contributed by atoms with van der Waals surface area (Å²) in [4.78, 5) is 11.4. The molecule has 2 aliphatic rings. The molecule has 1 atom stereocenters. The van der Waals surface area contributed by atoms with Gasteiger partial charge in [-0.15, -0.1) is 0 Å². The number of hydrogen-bond donors (Lipinski definition) is 2. The standard InChI is InChI=1S/C28H30N4O3/c1-34-22-8-10-23(11-9-22)35-16-4-6-21-18-30-27(25(19-33)31-21)32-14-12-28(13-15-32)17-20-5-2-3-7-24(20)26(28)29/h2-3,5,7-11,18,26,33H,12-17,19,29H2,1H3. The fraction of sp³-hybridized carbons (Fsp3) is 0.357. The van der Waals surface area contributed by atoms with Gasteiger partial charge in [0.05, 0.1) is 19.9 Å². The van der Waals surface area contributed by atoms with Gasteiger partial charge in [0, 0.05) is 19.1 Å². The SMILES string of the molecule is COc1ccc(OCC#Cc2cnc(N3CCC4(CC3)Cc3ccccc3C4N)c(CO)n2)cc1. The van der Waals surface area contributed by atoms with E-state index in [0.29, 0.717) is 17.1 Å². The number of rotatable bonds is 5. The van der Waals surface area contributed by atoms with E-state index in [4.69, 9.17) is 15.2 Å². The van der Waals surface area contributed by atoms with Crippen LogP contribution in [0.4, 0.5) is 5.82 Å². The highest BCUT2D eigenvalue weighted by molar-refractivity contribution is 5.47. The summed E-state index contributed by atoms with van der Waals surface area (Å²) in [5.74, 6) is 8.15. The van der Waals surface area contributed by atoms with Gasteiger partial charge in [0.25, 0.3) is 0 Å². The van der Waals surface area contributed by atoms with Gasteiger partial charge in [-0.25, -0.2) is 9.97 Å². The van der Waals surface area contributed by atoms with E-state index < -0.39 is 0 Å². The van der Waals surface area contributed by atoms with Crippen molar-refractivity contribution in [3.8, 4) is 23.3 Å². The summed E-state index contributed by atoms with van der Waals surface area (Å²) in [5, 5.41) is 9.97. The highest BCUT2D eigenvalue weighted by Crippen LogP contribution is 2.50. The van der Waals surface area contributed by atoms with Crippen molar-refractivity contribution in [2.75, 3.05) is 31.7 Å². The summed E-state index contributed by atoms with van der Waals surface area (Å²) in [6.07, 6.45) is 4.67. The van der Waals surface area contributed by atoms with Crippen molar-refractivity contribution in [1.82, 2.24) is 9.97 Å². The molecule has 2 aromatic carbocycles. The highest BCUT2D eigenvalue weighted by Gasteiger charge is 2.46. The van der Waals surface area contributed by atoms with Gasteiger partial charge in [-0.1, -0.05) is 30.2 Å². The molecule has 1 aromatic heterocycles. The largest absolute Gasteiger partial charge is 0.497 e. The number of hydrogen-bond acceptors (Lipinski definition) is 7. The van der Waals surface area contributed by atoms with Crippen LogP contribution in [-0.2, 0) is 13.0 Å². The molecule has 1 unspecified atom stereocenters. The number of methoxy groups -OCH3 is 1. The molecule has 1 saturated heterocycles. The van der Waals surface area contributed by atoms with Gasteiger partial charge in [0.1, 0.15) is 29.5 Å². The molecule has 180 valence electrons.